The van der Waals surface area contributed by atoms with Gasteiger partial charge in [0.25, 0.3) is 0 Å². The molecule has 0 saturated heterocycles. The third-order valence-electron chi connectivity index (χ3n) is 3.35. The molecule has 1 unspecified atom stereocenters. The molecule has 1 atom stereocenters. The molecule has 108 valence electrons. The molecule has 0 aromatic heterocycles. The first-order valence-electron chi connectivity index (χ1n) is 7.32. The van der Waals surface area contributed by atoms with Crippen LogP contribution >= 0.6 is 15.9 Å². The molecule has 3 heteroatoms. The lowest BCUT2D eigenvalue weighted by Crippen LogP contribution is -2.27. The van der Waals surface area contributed by atoms with Gasteiger partial charge < -0.3 is 10.0 Å². The van der Waals surface area contributed by atoms with Crippen LogP contribution in [0.3, 0.4) is 0 Å². The molecular weight excluding hydrogens is 302 g/mol. The van der Waals surface area contributed by atoms with Gasteiger partial charge in [0, 0.05) is 28.8 Å². The van der Waals surface area contributed by atoms with Gasteiger partial charge in [-0.05, 0) is 31.9 Å². The number of aliphatic hydroxyl groups excluding tert-OH is 1. The molecule has 0 aliphatic rings. The van der Waals surface area contributed by atoms with Crippen LogP contribution < -0.4 is 4.90 Å². The Hall–Kier alpha value is -0.540. The second kappa shape index (κ2) is 8.60. The smallest absolute Gasteiger partial charge is 0.0782 e. The quantitative estimate of drug-likeness (QED) is 0.733. The zero-order chi connectivity index (χ0) is 14.3. The van der Waals surface area contributed by atoms with Crippen LogP contribution in [-0.4, -0.2) is 18.2 Å². The zero-order valence-corrected chi connectivity index (χ0v) is 13.9. The third-order valence-corrected chi connectivity index (χ3v) is 3.84. The molecule has 0 heterocycles. The van der Waals surface area contributed by atoms with Crippen LogP contribution in [0.4, 0.5) is 5.69 Å². The zero-order valence-electron chi connectivity index (χ0n) is 12.3. The number of hydrogen-bond donors (Lipinski definition) is 1. The fraction of sp³-hybridized carbons (Fsp3) is 0.625. The van der Waals surface area contributed by atoms with Crippen LogP contribution in [0.15, 0.2) is 22.7 Å². The third kappa shape index (κ3) is 5.15. The summed E-state index contributed by atoms with van der Waals surface area (Å²) in [5.41, 5.74) is 2.20. The lowest BCUT2D eigenvalue weighted by atomic mass is 10.1. The van der Waals surface area contributed by atoms with Crippen LogP contribution in [0.1, 0.15) is 58.1 Å². The van der Waals surface area contributed by atoms with E-state index in [-0.39, 0.29) is 0 Å². The molecule has 0 bridgehead atoms. The van der Waals surface area contributed by atoms with Crippen molar-refractivity contribution in [2.45, 2.75) is 52.6 Å². The SMILES string of the molecule is CCCCN(CCCC)c1cc(Br)ccc1C(C)O. The average molecular weight is 328 g/mol. The highest BCUT2D eigenvalue weighted by Gasteiger charge is 2.14. The first-order valence-corrected chi connectivity index (χ1v) is 8.11. The molecule has 0 fully saturated rings. The minimum absolute atomic E-state index is 0.422. The molecule has 0 radical (unpaired) electrons. The number of unbranched alkanes of at least 4 members (excludes halogenated alkanes) is 2. The molecule has 1 aromatic carbocycles. The van der Waals surface area contributed by atoms with Crippen molar-refractivity contribution in [3.63, 3.8) is 0 Å². The van der Waals surface area contributed by atoms with Gasteiger partial charge >= 0.3 is 0 Å². The van der Waals surface area contributed by atoms with Crippen molar-refractivity contribution in [2.24, 2.45) is 0 Å². The summed E-state index contributed by atoms with van der Waals surface area (Å²) >= 11 is 3.54. The van der Waals surface area contributed by atoms with E-state index in [1.54, 1.807) is 0 Å². The van der Waals surface area contributed by atoms with Crippen molar-refractivity contribution in [1.82, 2.24) is 0 Å². The van der Waals surface area contributed by atoms with E-state index < -0.39 is 6.10 Å². The Morgan fingerprint density at radius 1 is 1.16 bits per heavy atom. The van der Waals surface area contributed by atoms with Gasteiger partial charge in [0.2, 0.25) is 0 Å². The van der Waals surface area contributed by atoms with E-state index in [2.05, 4.69) is 40.7 Å². The largest absolute Gasteiger partial charge is 0.389 e. The molecule has 1 aromatic rings. The second-order valence-corrected chi connectivity index (χ2v) is 5.99. The molecule has 2 nitrogen and oxygen atoms in total. The van der Waals surface area contributed by atoms with Crippen molar-refractivity contribution < 1.29 is 5.11 Å². The predicted molar refractivity (Wildman–Crippen MR) is 86.8 cm³/mol. The van der Waals surface area contributed by atoms with Gasteiger partial charge in [-0.15, -0.1) is 0 Å². The summed E-state index contributed by atoms with van der Waals surface area (Å²) in [4.78, 5) is 2.42. The highest BCUT2D eigenvalue weighted by atomic mass is 79.9. The van der Waals surface area contributed by atoms with E-state index in [0.717, 1.165) is 23.1 Å². The Bertz CT molecular complexity index is 371. The molecule has 1 N–H and O–H groups in total. The molecule has 0 aliphatic heterocycles. The lowest BCUT2D eigenvalue weighted by Gasteiger charge is -2.28. The number of nitrogens with zero attached hydrogens (tertiary/aromatic N) is 1. The number of rotatable bonds is 8. The summed E-state index contributed by atoms with van der Waals surface area (Å²) in [6.45, 7) is 8.40. The highest BCUT2D eigenvalue weighted by molar-refractivity contribution is 9.10. The van der Waals surface area contributed by atoms with Crippen LogP contribution in [0, 0.1) is 0 Å². The molecule has 0 spiro atoms. The van der Waals surface area contributed by atoms with E-state index in [0.29, 0.717) is 0 Å². The van der Waals surface area contributed by atoms with Crippen molar-refractivity contribution in [3.05, 3.63) is 28.2 Å². The topological polar surface area (TPSA) is 23.5 Å². The standard InChI is InChI=1S/C16H26BrNO/c1-4-6-10-18(11-7-5-2)16-12-14(17)8-9-15(16)13(3)19/h8-9,12-13,19H,4-7,10-11H2,1-3H3. The van der Waals surface area contributed by atoms with E-state index in [1.165, 1.54) is 31.4 Å². The van der Waals surface area contributed by atoms with Gasteiger partial charge in [0.15, 0.2) is 0 Å². The summed E-state index contributed by atoms with van der Waals surface area (Å²) < 4.78 is 1.07. The lowest BCUT2D eigenvalue weighted by molar-refractivity contribution is 0.199. The first kappa shape index (κ1) is 16.5. The van der Waals surface area contributed by atoms with Crippen molar-refractivity contribution in [3.8, 4) is 0 Å². The molecule has 1 rings (SSSR count). The van der Waals surface area contributed by atoms with E-state index in [1.807, 2.05) is 19.1 Å². The van der Waals surface area contributed by atoms with Gasteiger partial charge in [0.1, 0.15) is 0 Å². The van der Waals surface area contributed by atoms with Crippen molar-refractivity contribution >= 4 is 21.6 Å². The average Bonchev–Trinajstić information content (AvgIpc) is 2.38. The predicted octanol–water partition coefficient (Wildman–Crippen LogP) is 4.91. The normalized spacial score (nSPS) is 12.5. The number of aliphatic hydroxyl groups is 1. The fourth-order valence-corrected chi connectivity index (χ4v) is 2.54. The van der Waals surface area contributed by atoms with Gasteiger partial charge in [-0.1, -0.05) is 48.7 Å². The summed E-state index contributed by atoms with van der Waals surface area (Å²) in [6.07, 6.45) is 4.35. The first-order chi connectivity index (χ1) is 9.10. The van der Waals surface area contributed by atoms with Gasteiger partial charge in [0.05, 0.1) is 6.10 Å². The van der Waals surface area contributed by atoms with Crippen molar-refractivity contribution in [2.75, 3.05) is 18.0 Å². The highest BCUT2D eigenvalue weighted by Crippen LogP contribution is 2.30. The van der Waals surface area contributed by atoms with Crippen LogP contribution in [0.25, 0.3) is 0 Å². The van der Waals surface area contributed by atoms with Crippen LogP contribution in [-0.2, 0) is 0 Å². The molecule has 0 saturated carbocycles. The number of hydrogen-bond acceptors (Lipinski definition) is 2. The molecule has 0 aliphatic carbocycles. The van der Waals surface area contributed by atoms with Crippen LogP contribution in [0.2, 0.25) is 0 Å². The maximum Gasteiger partial charge on any atom is 0.0782 e. The summed E-state index contributed by atoms with van der Waals surface area (Å²) in [7, 11) is 0. The number of anilines is 1. The molecular formula is C16H26BrNO. The maximum atomic E-state index is 9.95. The summed E-state index contributed by atoms with van der Waals surface area (Å²) in [5, 5.41) is 9.95. The van der Waals surface area contributed by atoms with E-state index >= 15 is 0 Å². The Morgan fingerprint density at radius 3 is 2.21 bits per heavy atom. The van der Waals surface area contributed by atoms with E-state index in [9.17, 15) is 5.11 Å². The summed E-state index contributed by atoms with van der Waals surface area (Å²) in [5.74, 6) is 0. The number of halogens is 1. The Balaban J connectivity index is 3.00. The Kier molecular flexibility index (Phi) is 7.47. The Morgan fingerprint density at radius 2 is 1.74 bits per heavy atom. The fourth-order valence-electron chi connectivity index (χ4n) is 2.19. The van der Waals surface area contributed by atoms with Gasteiger partial charge in [-0.3, -0.25) is 0 Å². The minimum atomic E-state index is -0.422. The molecule has 0 amide bonds. The van der Waals surface area contributed by atoms with Gasteiger partial charge in [-0.2, -0.15) is 0 Å². The monoisotopic (exact) mass is 327 g/mol. The summed E-state index contributed by atoms with van der Waals surface area (Å²) in [6, 6.07) is 6.16. The minimum Gasteiger partial charge on any atom is -0.389 e. The van der Waals surface area contributed by atoms with Crippen LogP contribution in [0.5, 0.6) is 0 Å². The molecule has 19 heavy (non-hydrogen) atoms. The maximum absolute atomic E-state index is 9.95. The Labute approximate surface area is 126 Å². The van der Waals surface area contributed by atoms with Gasteiger partial charge in [-0.25, -0.2) is 0 Å². The van der Waals surface area contributed by atoms with Crippen molar-refractivity contribution in [1.29, 1.82) is 0 Å². The second-order valence-electron chi connectivity index (χ2n) is 5.07. The van der Waals surface area contributed by atoms with E-state index in [4.69, 9.17) is 0 Å². The number of benzene rings is 1.